The second kappa shape index (κ2) is 12.3. The fourth-order valence-corrected chi connectivity index (χ4v) is 5.00. The van der Waals surface area contributed by atoms with Crippen LogP contribution in [0.15, 0.2) is 61.3 Å². The van der Waals surface area contributed by atoms with Crippen molar-refractivity contribution in [3.63, 3.8) is 0 Å². The van der Waals surface area contributed by atoms with E-state index in [0.717, 1.165) is 64.4 Å². The van der Waals surface area contributed by atoms with Crippen LogP contribution in [-0.4, -0.2) is 31.2 Å². The minimum Gasteiger partial charge on any atom is -0.492 e. The summed E-state index contributed by atoms with van der Waals surface area (Å²) in [7, 11) is 0. The molecule has 0 saturated carbocycles. The lowest BCUT2D eigenvalue weighted by atomic mass is 9.96. The third-order valence-corrected chi connectivity index (χ3v) is 7.29. The number of rotatable bonds is 12. The Morgan fingerprint density at radius 2 is 1.82 bits per heavy atom. The Morgan fingerprint density at radius 3 is 2.62 bits per heavy atom. The number of anilines is 2. The van der Waals surface area contributed by atoms with Crippen molar-refractivity contribution in [1.82, 2.24) is 24.6 Å². The second-order valence-electron chi connectivity index (χ2n) is 10.7. The van der Waals surface area contributed by atoms with Gasteiger partial charge in [-0.3, -0.25) is 0 Å². The number of nitrogens with zero attached hydrogens (tertiary/aromatic N) is 5. The normalized spacial score (nSPS) is 12.9. The minimum absolute atomic E-state index is 0.460. The van der Waals surface area contributed by atoms with Crippen molar-refractivity contribution >= 4 is 28.1 Å². The summed E-state index contributed by atoms with van der Waals surface area (Å²) >= 11 is 0. The van der Waals surface area contributed by atoms with E-state index in [0.29, 0.717) is 24.2 Å². The molecule has 3 aromatic heterocycles. The van der Waals surface area contributed by atoms with E-state index in [9.17, 15) is 0 Å². The van der Waals surface area contributed by atoms with Crippen molar-refractivity contribution in [2.24, 2.45) is 11.8 Å². The van der Waals surface area contributed by atoms with Crippen LogP contribution in [0.5, 0.6) is 17.2 Å². The van der Waals surface area contributed by atoms with Crippen LogP contribution in [0.2, 0.25) is 0 Å². The molecule has 5 rings (SSSR count). The fraction of sp³-hybridized carbons (Fsp3) is 0.375. The van der Waals surface area contributed by atoms with E-state index in [1.165, 1.54) is 18.3 Å². The van der Waals surface area contributed by atoms with Crippen molar-refractivity contribution in [1.29, 1.82) is 0 Å². The molecule has 208 valence electrons. The van der Waals surface area contributed by atoms with Crippen molar-refractivity contribution in [3.8, 4) is 17.2 Å². The molecule has 8 heteroatoms. The summed E-state index contributed by atoms with van der Waals surface area (Å²) in [4.78, 5) is 13.4. The molecule has 0 bridgehead atoms. The van der Waals surface area contributed by atoms with E-state index in [1.807, 2.05) is 37.4 Å². The summed E-state index contributed by atoms with van der Waals surface area (Å²) in [6.45, 7) is 11.7. The van der Waals surface area contributed by atoms with E-state index < -0.39 is 0 Å². The lowest BCUT2D eigenvalue weighted by molar-refractivity contribution is 0.235. The molecule has 0 radical (unpaired) electrons. The molecular weight excluding hydrogens is 500 g/mol. The number of ether oxygens (including phenoxy) is 2. The molecule has 2 unspecified atom stereocenters. The summed E-state index contributed by atoms with van der Waals surface area (Å²) in [6, 6.07) is 14.0. The summed E-state index contributed by atoms with van der Waals surface area (Å²) < 4.78 is 14.4. The van der Waals surface area contributed by atoms with Gasteiger partial charge in [-0.25, -0.2) is 19.5 Å². The molecule has 0 spiro atoms. The number of fused-ring (bicyclic) bond motifs is 2. The number of hydrogen-bond donors (Lipinski definition) is 1. The smallest absolute Gasteiger partial charge is 0.158 e. The first-order valence-electron chi connectivity index (χ1n) is 14.2. The Bertz CT molecular complexity index is 1600. The largest absolute Gasteiger partial charge is 0.492 e. The molecule has 1 N–H and O–H groups in total. The lowest BCUT2D eigenvalue weighted by Gasteiger charge is -2.20. The molecule has 5 aromatic rings. The zero-order chi connectivity index (χ0) is 28.1. The zero-order valence-corrected chi connectivity index (χ0v) is 24.0. The predicted molar refractivity (Wildman–Crippen MR) is 160 cm³/mol. The van der Waals surface area contributed by atoms with Crippen LogP contribution in [0.4, 0.5) is 11.5 Å². The van der Waals surface area contributed by atoms with Crippen LogP contribution in [0, 0.1) is 18.8 Å². The Morgan fingerprint density at radius 1 is 0.950 bits per heavy atom. The van der Waals surface area contributed by atoms with E-state index in [-0.39, 0.29) is 0 Å². The average molecular weight is 539 g/mol. The fourth-order valence-electron chi connectivity index (χ4n) is 5.00. The van der Waals surface area contributed by atoms with E-state index >= 15 is 0 Å². The highest BCUT2D eigenvalue weighted by atomic mass is 16.5. The first-order valence-corrected chi connectivity index (χ1v) is 14.2. The average Bonchev–Trinajstić information content (AvgIpc) is 3.42. The number of benzene rings is 2. The number of pyridine rings is 1. The summed E-state index contributed by atoms with van der Waals surface area (Å²) in [6.07, 6.45) is 9.26. The van der Waals surface area contributed by atoms with Gasteiger partial charge in [-0.1, -0.05) is 46.6 Å². The number of hydrogen-bond acceptors (Lipinski definition) is 7. The summed E-state index contributed by atoms with van der Waals surface area (Å²) in [5.74, 6) is 4.24. The Kier molecular flexibility index (Phi) is 8.43. The van der Waals surface area contributed by atoms with Crippen LogP contribution >= 0.6 is 0 Å². The van der Waals surface area contributed by atoms with Gasteiger partial charge in [-0.2, -0.15) is 5.10 Å². The minimum atomic E-state index is 0.460. The number of nitrogens with one attached hydrogen (secondary N) is 1. The molecular formula is C32H38N6O2. The number of aryl methyl sites for hydroxylation is 2. The van der Waals surface area contributed by atoms with Crippen molar-refractivity contribution < 1.29 is 9.47 Å². The van der Waals surface area contributed by atoms with Crippen LogP contribution in [-0.2, 0) is 6.42 Å². The summed E-state index contributed by atoms with van der Waals surface area (Å²) in [5, 5.41) is 8.59. The highest BCUT2D eigenvalue weighted by molar-refractivity contribution is 5.96. The zero-order valence-electron chi connectivity index (χ0n) is 24.0. The van der Waals surface area contributed by atoms with Gasteiger partial charge in [-0.15, -0.1) is 0 Å². The maximum absolute atomic E-state index is 6.57. The molecule has 2 aromatic carbocycles. The molecule has 0 aliphatic heterocycles. The lowest BCUT2D eigenvalue weighted by Crippen LogP contribution is -2.13. The molecule has 0 fully saturated rings. The molecule has 0 aliphatic carbocycles. The van der Waals surface area contributed by atoms with Gasteiger partial charge in [0.25, 0.3) is 0 Å². The van der Waals surface area contributed by atoms with Crippen molar-refractivity contribution in [3.05, 3.63) is 72.4 Å². The van der Waals surface area contributed by atoms with Gasteiger partial charge >= 0.3 is 0 Å². The molecule has 0 saturated heterocycles. The maximum Gasteiger partial charge on any atom is 0.158 e. The SMILES string of the molecule is CCCc1ccc2ncnc(Nc3ccc(Oc4ccn5ncnc5c4)c(C)c3)c2c1OCC(C)CC(C)CC. The molecule has 40 heavy (non-hydrogen) atoms. The maximum atomic E-state index is 6.57. The first kappa shape index (κ1) is 27.4. The quantitative estimate of drug-likeness (QED) is 0.173. The molecule has 3 heterocycles. The first-order chi connectivity index (χ1) is 19.4. The second-order valence-corrected chi connectivity index (χ2v) is 10.7. The van der Waals surface area contributed by atoms with Gasteiger partial charge in [0.1, 0.15) is 35.7 Å². The van der Waals surface area contributed by atoms with Crippen LogP contribution in [0.3, 0.4) is 0 Å². The predicted octanol–water partition coefficient (Wildman–Crippen LogP) is 7.92. The highest BCUT2D eigenvalue weighted by Gasteiger charge is 2.17. The van der Waals surface area contributed by atoms with Gasteiger partial charge in [0.2, 0.25) is 0 Å². The molecule has 8 nitrogen and oxygen atoms in total. The van der Waals surface area contributed by atoms with Gasteiger partial charge < -0.3 is 14.8 Å². The molecule has 0 amide bonds. The van der Waals surface area contributed by atoms with Gasteiger partial charge in [0.15, 0.2) is 5.65 Å². The number of aromatic nitrogens is 5. The van der Waals surface area contributed by atoms with Gasteiger partial charge in [-0.05, 0) is 73.1 Å². The molecule has 0 aliphatic rings. The van der Waals surface area contributed by atoms with Crippen LogP contribution in [0.25, 0.3) is 16.6 Å². The van der Waals surface area contributed by atoms with Gasteiger partial charge in [0.05, 0.1) is 17.5 Å². The van der Waals surface area contributed by atoms with Crippen molar-refractivity contribution in [2.45, 2.75) is 60.3 Å². The monoisotopic (exact) mass is 538 g/mol. The van der Waals surface area contributed by atoms with Crippen molar-refractivity contribution in [2.75, 3.05) is 11.9 Å². The van der Waals surface area contributed by atoms with E-state index in [2.05, 4.69) is 71.3 Å². The van der Waals surface area contributed by atoms with E-state index in [1.54, 1.807) is 10.8 Å². The summed E-state index contributed by atoms with van der Waals surface area (Å²) in [5.41, 5.74) is 4.69. The Labute approximate surface area is 235 Å². The van der Waals surface area contributed by atoms with Crippen LogP contribution < -0.4 is 14.8 Å². The third-order valence-electron chi connectivity index (χ3n) is 7.29. The van der Waals surface area contributed by atoms with E-state index in [4.69, 9.17) is 9.47 Å². The third kappa shape index (κ3) is 6.17. The topological polar surface area (TPSA) is 86.5 Å². The molecule has 2 atom stereocenters. The van der Waals surface area contributed by atoms with Gasteiger partial charge in [0, 0.05) is 18.0 Å². The Hall–Kier alpha value is -4.20. The highest BCUT2D eigenvalue weighted by Crippen LogP contribution is 2.37. The standard InChI is InChI=1S/C32H38N6O2/c1-6-8-24-9-11-27-30(31(24)39-18-22(4)15-21(3)7-2)32(35-19-33-27)37-25-10-12-28(23(5)16-25)40-26-13-14-38-29(17-26)34-20-36-38/h9-14,16-17,19-22H,6-8,15,18H2,1-5H3,(H,33,35,37). The Balaban J connectivity index is 1.41. The van der Waals surface area contributed by atoms with Crippen LogP contribution in [0.1, 0.15) is 58.1 Å².